The Morgan fingerprint density at radius 3 is 2.52 bits per heavy atom. The van der Waals surface area contributed by atoms with Crippen molar-refractivity contribution in [2.45, 2.75) is 18.4 Å². The lowest BCUT2D eigenvalue weighted by Gasteiger charge is -2.26. The van der Waals surface area contributed by atoms with Crippen LogP contribution in [0.1, 0.15) is 21.9 Å². The summed E-state index contributed by atoms with van der Waals surface area (Å²) in [5.41, 5.74) is 1.35. The van der Waals surface area contributed by atoms with E-state index in [1.54, 1.807) is 42.5 Å². The molecular weight excluding hydrogens is 468 g/mol. The smallest absolute Gasteiger partial charge is 0.291 e. The maximum atomic E-state index is 12.7. The Balaban J connectivity index is 1.36. The monoisotopic (exact) mass is 490 g/mol. The molecule has 0 atom stereocenters. The van der Waals surface area contributed by atoms with E-state index >= 15 is 0 Å². The number of anilines is 1. The molecule has 2 aromatic carbocycles. The van der Waals surface area contributed by atoms with Crippen molar-refractivity contribution in [1.82, 2.24) is 4.31 Å². The number of aryl methyl sites for hydroxylation is 1. The van der Waals surface area contributed by atoms with E-state index in [0.717, 1.165) is 5.56 Å². The molecule has 1 aliphatic rings. The second kappa shape index (κ2) is 9.96. The van der Waals surface area contributed by atoms with Gasteiger partial charge in [-0.25, -0.2) is 8.42 Å². The zero-order valence-electron chi connectivity index (χ0n) is 17.9. The third-order valence-electron chi connectivity index (χ3n) is 5.11. The molecule has 174 valence electrons. The van der Waals surface area contributed by atoms with Crippen molar-refractivity contribution in [2.24, 2.45) is 0 Å². The number of hydrogen-bond acceptors (Lipinski definition) is 6. The molecule has 0 spiro atoms. The topological polar surface area (TPSA) is 98.1 Å². The van der Waals surface area contributed by atoms with Crippen molar-refractivity contribution in [3.8, 4) is 5.75 Å². The van der Waals surface area contributed by atoms with Crippen molar-refractivity contribution in [1.29, 1.82) is 0 Å². The molecule has 3 aromatic rings. The minimum atomic E-state index is -3.59. The fourth-order valence-corrected chi connectivity index (χ4v) is 4.97. The molecule has 1 fully saturated rings. The molecule has 0 saturated carbocycles. The van der Waals surface area contributed by atoms with Crippen molar-refractivity contribution in [2.75, 3.05) is 31.6 Å². The first kappa shape index (κ1) is 23.3. The molecular formula is C23H23ClN2O6S. The molecule has 8 nitrogen and oxygen atoms in total. The van der Waals surface area contributed by atoms with Gasteiger partial charge >= 0.3 is 0 Å². The largest absolute Gasteiger partial charge is 0.485 e. The van der Waals surface area contributed by atoms with Crippen LogP contribution >= 0.6 is 11.6 Å². The van der Waals surface area contributed by atoms with Crippen molar-refractivity contribution in [3.05, 3.63) is 76.7 Å². The number of rotatable bonds is 7. The van der Waals surface area contributed by atoms with Crippen LogP contribution in [0, 0.1) is 6.92 Å². The number of nitrogens with zero attached hydrogens (tertiary/aromatic N) is 1. The van der Waals surface area contributed by atoms with Gasteiger partial charge in [0.05, 0.1) is 18.1 Å². The highest BCUT2D eigenvalue weighted by Gasteiger charge is 2.26. The van der Waals surface area contributed by atoms with Crippen LogP contribution in [-0.2, 0) is 21.4 Å². The first-order valence-corrected chi connectivity index (χ1v) is 12.1. The summed E-state index contributed by atoms with van der Waals surface area (Å²) in [6, 6.07) is 14.6. The summed E-state index contributed by atoms with van der Waals surface area (Å²) in [5.74, 6) is 0.828. The summed E-state index contributed by atoms with van der Waals surface area (Å²) in [5, 5.41) is 3.33. The molecule has 1 aromatic heterocycles. The normalized spacial score (nSPS) is 14.7. The van der Waals surface area contributed by atoms with Crippen molar-refractivity contribution >= 4 is 33.2 Å². The molecule has 4 rings (SSSR count). The quantitative estimate of drug-likeness (QED) is 0.535. The van der Waals surface area contributed by atoms with E-state index in [1.165, 1.54) is 16.4 Å². The van der Waals surface area contributed by atoms with Crippen LogP contribution in [-0.4, -0.2) is 44.9 Å². The zero-order valence-corrected chi connectivity index (χ0v) is 19.5. The molecule has 1 N–H and O–H groups in total. The highest BCUT2D eigenvalue weighted by atomic mass is 35.5. The first-order valence-electron chi connectivity index (χ1n) is 10.3. The fraction of sp³-hybridized carbons (Fsp3) is 0.261. The number of sulfonamides is 1. The third-order valence-corrected chi connectivity index (χ3v) is 7.26. The summed E-state index contributed by atoms with van der Waals surface area (Å²) in [7, 11) is -3.59. The van der Waals surface area contributed by atoms with Gasteiger partial charge in [-0.1, -0.05) is 11.6 Å². The van der Waals surface area contributed by atoms with Gasteiger partial charge < -0.3 is 19.2 Å². The standard InChI is InChI=1S/C23H23ClN2O6S/c1-16-14-17(24)2-8-21(16)31-15-19-5-9-22(32-19)23(27)25-18-3-6-20(7-4-18)33(28,29)26-10-12-30-13-11-26/h2-9,14H,10-13,15H2,1H3,(H,25,27). The molecule has 0 bridgehead atoms. The average Bonchev–Trinajstić information content (AvgIpc) is 3.29. The lowest BCUT2D eigenvalue weighted by Crippen LogP contribution is -2.40. The summed E-state index contributed by atoms with van der Waals surface area (Å²) in [4.78, 5) is 12.7. The van der Waals surface area contributed by atoms with Crippen LogP contribution in [0.2, 0.25) is 5.02 Å². The number of carbonyl (C=O) groups is 1. The van der Waals surface area contributed by atoms with Crippen LogP contribution in [0.4, 0.5) is 5.69 Å². The minimum absolute atomic E-state index is 0.117. The van der Waals surface area contributed by atoms with Crippen LogP contribution in [0.5, 0.6) is 5.75 Å². The first-order chi connectivity index (χ1) is 15.8. The minimum Gasteiger partial charge on any atom is -0.485 e. The van der Waals surface area contributed by atoms with Crippen LogP contribution in [0.25, 0.3) is 0 Å². The number of halogens is 1. The molecule has 33 heavy (non-hydrogen) atoms. The van der Waals surface area contributed by atoms with Crippen LogP contribution in [0.3, 0.4) is 0 Å². The second-order valence-electron chi connectivity index (χ2n) is 7.46. The van der Waals surface area contributed by atoms with Gasteiger partial charge in [-0.05, 0) is 67.1 Å². The van der Waals surface area contributed by atoms with E-state index in [-0.39, 0.29) is 17.3 Å². The maximum Gasteiger partial charge on any atom is 0.291 e. The number of hydrogen-bond donors (Lipinski definition) is 1. The molecule has 0 unspecified atom stereocenters. The number of carbonyl (C=O) groups excluding carboxylic acids is 1. The number of morpholine rings is 1. The summed E-state index contributed by atoms with van der Waals surface area (Å²) >= 11 is 5.95. The Morgan fingerprint density at radius 2 is 1.82 bits per heavy atom. The van der Waals surface area contributed by atoms with Gasteiger partial charge in [0.25, 0.3) is 5.91 Å². The Morgan fingerprint density at radius 1 is 1.09 bits per heavy atom. The number of amides is 1. The second-order valence-corrected chi connectivity index (χ2v) is 9.83. The highest BCUT2D eigenvalue weighted by molar-refractivity contribution is 7.89. The predicted molar refractivity (Wildman–Crippen MR) is 123 cm³/mol. The Kier molecular flexibility index (Phi) is 7.04. The van der Waals surface area contributed by atoms with E-state index < -0.39 is 15.9 Å². The van der Waals surface area contributed by atoms with Crippen LogP contribution in [0.15, 0.2) is 63.9 Å². The number of nitrogens with one attached hydrogen (secondary N) is 1. The molecule has 0 aliphatic carbocycles. The Bertz CT molecular complexity index is 1230. The SMILES string of the molecule is Cc1cc(Cl)ccc1OCc1ccc(C(=O)Nc2ccc(S(=O)(=O)N3CCOCC3)cc2)o1. The predicted octanol–water partition coefficient (Wildman–Crippen LogP) is 4.09. The van der Waals surface area contributed by atoms with Gasteiger partial charge in [-0.2, -0.15) is 4.31 Å². The van der Waals surface area contributed by atoms with E-state index in [2.05, 4.69) is 5.32 Å². The maximum absolute atomic E-state index is 12.7. The molecule has 2 heterocycles. The van der Waals surface area contributed by atoms with E-state index in [4.69, 9.17) is 25.5 Å². The van der Waals surface area contributed by atoms with E-state index in [9.17, 15) is 13.2 Å². The molecule has 0 radical (unpaired) electrons. The lowest BCUT2D eigenvalue weighted by molar-refractivity contribution is 0.0730. The third kappa shape index (κ3) is 5.56. The Labute approximate surface area is 197 Å². The van der Waals surface area contributed by atoms with Crippen molar-refractivity contribution in [3.63, 3.8) is 0 Å². The lowest BCUT2D eigenvalue weighted by atomic mass is 10.2. The summed E-state index contributed by atoms with van der Waals surface area (Å²) in [6.07, 6.45) is 0. The fourth-order valence-electron chi connectivity index (χ4n) is 3.34. The molecule has 1 aliphatic heterocycles. The van der Waals surface area contributed by atoms with Gasteiger partial charge in [-0.3, -0.25) is 4.79 Å². The van der Waals surface area contributed by atoms with E-state index in [1.807, 2.05) is 6.92 Å². The van der Waals surface area contributed by atoms with Gasteiger partial charge in [-0.15, -0.1) is 0 Å². The average molecular weight is 491 g/mol. The zero-order chi connectivity index (χ0) is 23.4. The van der Waals surface area contributed by atoms with Gasteiger partial charge in [0.1, 0.15) is 18.1 Å². The van der Waals surface area contributed by atoms with E-state index in [0.29, 0.717) is 48.5 Å². The molecule has 10 heteroatoms. The number of benzene rings is 2. The van der Waals surface area contributed by atoms with Gasteiger partial charge in [0.15, 0.2) is 5.76 Å². The van der Waals surface area contributed by atoms with Crippen molar-refractivity contribution < 1.29 is 27.1 Å². The summed E-state index contributed by atoms with van der Waals surface area (Å²) in [6.45, 7) is 3.45. The Hall–Kier alpha value is -2.85. The van der Waals surface area contributed by atoms with Gasteiger partial charge in [0, 0.05) is 23.8 Å². The number of furan rings is 1. The molecule has 1 amide bonds. The van der Waals surface area contributed by atoms with Crippen LogP contribution < -0.4 is 10.1 Å². The molecule has 1 saturated heterocycles. The van der Waals surface area contributed by atoms with Gasteiger partial charge in [0.2, 0.25) is 10.0 Å². The highest BCUT2D eigenvalue weighted by Crippen LogP contribution is 2.24. The summed E-state index contributed by atoms with van der Waals surface area (Å²) < 4.78 is 43.3. The number of ether oxygens (including phenoxy) is 2.